The van der Waals surface area contributed by atoms with Gasteiger partial charge in [0.15, 0.2) is 6.10 Å². The lowest BCUT2D eigenvalue weighted by Crippen LogP contribution is -2.30. The normalized spacial score (nSPS) is 13.1. The molecule has 75 heavy (non-hydrogen) atoms. The van der Waals surface area contributed by atoms with E-state index in [1.54, 1.807) is 0 Å². The summed E-state index contributed by atoms with van der Waals surface area (Å²) in [7, 11) is 0. The van der Waals surface area contributed by atoms with Crippen molar-refractivity contribution in [2.24, 2.45) is 0 Å². The topological polar surface area (TPSA) is 78.9 Å². The van der Waals surface area contributed by atoms with Crippen LogP contribution in [0.1, 0.15) is 265 Å². The van der Waals surface area contributed by atoms with Crippen molar-refractivity contribution in [1.82, 2.24) is 0 Å². The summed E-state index contributed by atoms with van der Waals surface area (Å²) < 4.78 is 16.7. The first-order chi connectivity index (χ1) is 37.0. The van der Waals surface area contributed by atoms with E-state index in [-0.39, 0.29) is 31.1 Å². The van der Waals surface area contributed by atoms with Crippen LogP contribution in [0.5, 0.6) is 0 Å². The van der Waals surface area contributed by atoms with Gasteiger partial charge in [0.2, 0.25) is 0 Å². The van der Waals surface area contributed by atoms with Crippen molar-refractivity contribution in [3.8, 4) is 0 Å². The summed E-state index contributed by atoms with van der Waals surface area (Å²) in [5, 5.41) is 0. The van der Waals surface area contributed by atoms with Crippen LogP contribution in [0.25, 0.3) is 0 Å². The molecule has 1 unspecified atom stereocenters. The molecule has 0 heterocycles. The fourth-order valence-corrected chi connectivity index (χ4v) is 8.12. The third-order valence-electron chi connectivity index (χ3n) is 12.7. The zero-order valence-corrected chi connectivity index (χ0v) is 48.5. The van der Waals surface area contributed by atoms with E-state index in [0.29, 0.717) is 19.3 Å². The predicted octanol–water partition coefficient (Wildman–Crippen LogP) is 21.0. The van der Waals surface area contributed by atoms with Crippen molar-refractivity contribution in [3.05, 3.63) is 134 Å². The average molecular weight is 1040 g/mol. The molecular weight excluding hydrogens is 925 g/mol. The highest BCUT2D eigenvalue weighted by atomic mass is 16.6. The van der Waals surface area contributed by atoms with Crippen molar-refractivity contribution in [1.29, 1.82) is 0 Å². The molecule has 1 atom stereocenters. The maximum atomic E-state index is 12.8. The molecule has 0 saturated carbocycles. The first-order valence-electron chi connectivity index (χ1n) is 30.7. The average Bonchev–Trinajstić information content (AvgIpc) is 3.41. The largest absolute Gasteiger partial charge is 0.462 e. The Balaban J connectivity index is 4.13. The second-order valence-corrected chi connectivity index (χ2v) is 19.9. The number of allylic oxidation sites excluding steroid dienone is 22. The molecule has 6 heteroatoms. The highest BCUT2D eigenvalue weighted by molar-refractivity contribution is 5.71. The highest BCUT2D eigenvalue weighted by Gasteiger charge is 2.19. The van der Waals surface area contributed by atoms with Gasteiger partial charge >= 0.3 is 17.9 Å². The Hall–Kier alpha value is -4.45. The van der Waals surface area contributed by atoms with Gasteiger partial charge in [-0.05, 0) is 116 Å². The van der Waals surface area contributed by atoms with Crippen molar-refractivity contribution in [2.75, 3.05) is 13.2 Å². The fourth-order valence-electron chi connectivity index (χ4n) is 8.12. The minimum Gasteiger partial charge on any atom is -0.462 e. The predicted molar refractivity (Wildman–Crippen MR) is 325 cm³/mol. The number of unbranched alkanes of at least 4 members (excludes halogenated alkanes) is 21. The van der Waals surface area contributed by atoms with Gasteiger partial charge in [0.05, 0.1) is 0 Å². The Morgan fingerprint density at radius 1 is 0.280 bits per heavy atom. The standard InChI is InChI=1S/C69H112O6/c1-4-7-10-13-15-17-19-21-23-25-27-29-31-33-34-36-37-39-41-43-45-47-49-51-53-56-59-62-68(71)74-65-66(64-73-67(70)61-58-55-12-9-6-3)75-69(72)63-60-57-54-52-50-48-46-44-42-40-38-35-32-30-28-26-24-22-20-18-16-14-11-8-5-2/h7-8,10-11,15-18,21-24,27-30,33-35,38,42,44,66H,4-6,9,12-14,19-20,25-26,31-32,36-37,39-41,43,45-65H2,1-3H3/b10-7-,11-8-,17-15-,18-16-,23-21-,24-22-,29-27-,30-28-,34-33-,38-35-,44-42-. The Kier molecular flexibility index (Phi) is 58.4. The maximum absolute atomic E-state index is 12.8. The Bertz CT molecular complexity index is 1620. The van der Waals surface area contributed by atoms with Crippen molar-refractivity contribution in [2.45, 2.75) is 271 Å². The van der Waals surface area contributed by atoms with Crippen LogP contribution in [0.3, 0.4) is 0 Å². The number of rotatable bonds is 54. The van der Waals surface area contributed by atoms with Crippen LogP contribution in [0.2, 0.25) is 0 Å². The quantitative estimate of drug-likeness (QED) is 0.0261. The molecule has 0 aromatic rings. The third-order valence-corrected chi connectivity index (χ3v) is 12.7. The molecule has 0 aliphatic heterocycles. The van der Waals surface area contributed by atoms with Gasteiger partial charge in [0.1, 0.15) is 13.2 Å². The fraction of sp³-hybridized carbons (Fsp3) is 0.638. The number of carbonyl (C=O) groups is 3. The SMILES string of the molecule is CC/C=C\C/C=C\C/C=C\C/C=C\C/C=C\C/C=C\CCCCCCCCC(=O)OC(COC(=O)CCCCCCC)COC(=O)CCCCCCCCCCCCC/C=C\C/C=C\C/C=C\C/C=C\C/C=C\CC. The molecule has 0 rings (SSSR count). The first-order valence-corrected chi connectivity index (χ1v) is 30.7. The summed E-state index contributed by atoms with van der Waals surface area (Å²) in [5.41, 5.74) is 0. The summed E-state index contributed by atoms with van der Waals surface area (Å²) in [6.07, 6.45) is 87.8. The van der Waals surface area contributed by atoms with E-state index >= 15 is 0 Å². The molecule has 0 amide bonds. The van der Waals surface area contributed by atoms with E-state index in [2.05, 4.69) is 154 Å². The van der Waals surface area contributed by atoms with Gasteiger partial charge < -0.3 is 14.2 Å². The van der Waals surface area contributed by atoms with E-state index in [4.69, 9.17) is 14.2 Å². The summed E-state index contributed by atoms with van der Waals surface area (Å²) in [4.78, 5) is 37.9. The summed E-state index contributed by atoms with van der Waals surface area (Å²) >= 11 is 0. The van der Waals surface area contributed by atoms with Crippen LogP contribution in [0.15, 0.2) is 134 Å². The van der Waals surface area contributed by atoms with E-state index in [9.17, 15) is 14.4 Å². The molecule has 0 aliphatic rings. The van der Waals surface area contributed by atoms with Crippen LogP contribution in [0, 0.1) is 0 Å². The van der Waals surface area contributed by atoms with Crippen molar-refractivity contribution in [3.63, 3.8) is 0 Å². The molecule has 0 aromatic carbocycles. The second kappa shape index (κ2) is 62.1. The minimum atomic E-state index is -0.789. The number of hydrogen-bond donors (Lipinski definition) is 0. The van der Waals surface area contributed by atoms with Gasteiger partial charge in [-0.15, -0.1) is 0 Å². The summed E-state index contributed by atoms with van der Waals surface area (Å²) in [6, 6.07) is 0. The van der Waals surface area contributed by atoms with Gasteiger partial charge in [-0.3, -0.25) is 14.4 Å². The number of carbonyl (C=O) groups excluding carboxylic acids is 3. The van der Waals surface area contributed by atoms with Crippen LogP contribution in [0.4, 0.5) is 0 Å². The van der Waals surface area contributed by atoms with Crippen LogP contribution < -0.4 is 0 Å². The molecule has 0 N–H and O–H groups in total. The Morgan fingerprint density at radius 2 is 0.520 bits per heavy atom. The molecule has 6 nitrogen and oxygen atoms in total. The van der Waals surface area contributed by atoms with E-state index < -0.39 is 6.10 Å². The Morgan fingerprint density at radius 3 is 0.813 bits per heavy atom. The monoisotopic (exact) mass is 1040 g/mol. The Labute approximate surface area is 462 Å². The summed E-state index contributed by atoms with van der Waals surface area (Å²) in [5.74, 6) is -0.922. The lowest BCUT2D eigenvalue weighted by Gasteiger charge is -2.18. The maximum Gasteiger partial charge on any atom is 0.306 e. The van der Waals surface area contributed by atoms with Gasteiger partial charge in [-0.25, -0.2) is 0 Å². The van der Waals surface area contributed by atoms with E-state index in [0.717, 1.165) is 154 Å². The number of esters is 3. The lowest BCUT2D eigenvalue weighted by molar-refractivity contribution is -0.167. The van der Waals surface area contributed by atoms with Crippen LogP contribution >= 0.6 is 0 Å². The summed E-state index contributed by atoms with van der Waals surface area (Å²) in [6.45, 7) is 6.31. The van der Waals surface area contributed by atoms with Gasteiger partial charge in [-0.1, -0.05) is 264 Å². The van der Waals surface area contributed by atoms with Crippen molar-refractivity contribution >= 4 is 17.9 Å². The van der Waals surface area contributed by atoms with Crippen LogP contribution in [-0.2, 0) is 28.6 Å². The molecular formula is C69H112O6. The molecule has 0 radical (unpaired) electrons. The molecule has 0 saturated heterocycles. The van der Waals surface area contributed by atoms with Gasteiger partial charge in [0.25, 0.3) is 0 Å². The smallest absolute Gasteiger partial charge is 0.306 e. The molecule has 0 fully saturated rings. The molecule has 424 valence electrons. The molecule has 0 spiro atoms. The molecule has 0 aromatic heterocycles. The van der Waals surface area contributed by atoms with Gasteiger partial charge in [-0.2, -0.15) is 0 Å². The highest BCUT2D eigenvalue weighted by Crippen LogP contribution is 2.15. The number of hydrogen-bond acceptors (Lipinski definition) is 6. The molecule has 0 aliphatic carbocycles. The molecule has 0 bridgehead atoms. The van der Waals surface area contributed by atoms with Crippen molar-refractivity contribution < 1.29 is 28.6 Å². The third kappa shape index (κ3) is 60.3. The van der Waals surface area contributed by atoms with E-state index in [1.165, 1.54) is 70.6 Å². The van der Waals surface area contributed by atoms with Crippen LogP contribution in [-0.4, -0.2) is 37.2 Å². The lowest BCUT2D eigenvalue weighted by atomic mass is 10.0. The van der Waals surface area contributed by atoms with Gasteiger partial charge in [0, 0.05) is 19.3 Å². The van der Waals surface area contributed by atoms with E-state index in [1.807, 2.05) is 0 Å². The number of ether oxygens (including phenoxy) is 3. The second-order valence-electron chi connectivity index (χ2n) is 19.9. The minimum absolute atomic E-state index is 0.0886. The zero-order valence-electron chi connectivity index (χ0n) is 48.5. The zero-order chi connectivity index (χ0) is 54.3. The first kappa shape index (κ1) is 70.5.